The van der Waals surface area contributed by atoms with Gasteiger partial charge in [-0.3, -0.25) is 4.79 Å². The highest BCUT2D eigenvalue weighted by Crippen LogP contribution is 2.18. The van der Waals surface area contributed by atoms with Crippen LogP contribution in [0.1, 0.15) is 23.0 Å². The summed E-state index contributed by atoms with van der Waals surface area (Å²) in [6.07, 6.45) is 1.25. The van der Waals surface area contributed by atoms with Crippen LogP contribution in [0.25, 0.3) is 0 Å². The van der Waals surface area contributed by atoms with Gasteiger partial charge in [-0.05, 0) is 31.2 Å². The number of carbonyl (C=O) groups excluding carboxylic acids is 1. The lowest BCUT2D eigenvalue weighted by atomic mass is 10.3. The minimum atomic E-state index is -0.205. The zero-order valence-corrected chi connectivity index (χ0v) is 14.4. The Bertz CT molecular complexity index is 618. The summed E-state index contributed by atoms with van der Waals surface area (Å²) in [5, 5.41) is 2.79. The van der Waals surface area contributed by atoms with E-state index in [4.69, 9.17) is 14.9 Å². The second-order valence-corrected chi connectivity index (χ2v) is 5.52. The SMILES string of the molecule is CC(CNC(=O)c1coc(CN)c1)Oc1cccc(Br)c1.Cl. The molecule has 2 aromatic rings. The maximum Gasteiger partial charge on any atom is 0.254 e. The number of nitrogens with one attached hydrogen (secondary N) is 1. The van der Waals surface area contributed by atoms with Crippen LogP contribution in [0.5, 0.6) is 5.75 Å². The molecule has 1 aromatic heterocycles. The summed E-state index contributed by atoms with van der Waals surface area (Å²) in [4.78, 5) is 11.9. The highest BCUT2D eigenvalue weighted by atomic mass is 79.9. The molecule has 1 amide bonds. The predicted molar refractivity (Wildman–Crippen MR) is 90.4 cm³/mol. The molecular weight excluding hydrogens is 372 g/mol. The van der Waals surface area contributed by atoms with Gasteiger partial charge in [0.25, 0.3) is 5.91 Å². The van der Waals surface area contributed by atoms with E-state index in [1.165, 1.54) is 6.26 Å². The molecule has 0 bridgehead atoms. The molecule has 5 nitrogen and oxygen atoms in total. The highest BCUT2D eigenvalue weighted by molar-refractivity contribution is 9.10. The van der Waals surface area contributed by atoms with Crippen LogP contribution in [0.2, 0.25) is 0 Å². The van der Waals surface area contributed by atoms with E-state index in [1.54, 1.807) is 6.07 Å². The van der Waals surface area contributed by atoms with E-state index in [0.29, 0.717) is 17.9 Å². The van der Waals surface area contributed by atoms with Crippen molar-refractivity contribution < 1.29 is 13.9 Å². The second kappa shape index (κ2) is 8.82. The van der Waals surface area contributed by atoms with Gasteiger partial charge in [-0.1, -0.05) is 22.0 Å². The fraction of sp³-hybridized carbons (Fsp3) is 0.267. The summed E-state index contributed by atoms with van der Waals surface area (Å²) in [6, 6.07) is 9.20. The number of amides is 1. The van der Waals surface area contributed by atoms with Crippen molar-refractivity contribution in [2.24, 2.45) is 5.73 Å². The third-order valence-electron chi connectivity index (χ3n) is 2.80. The molecule has 0 radical (unpaired) electrons. The number of hydrogen-bond acceptors (Lipinski definition) is 4. The number of carbonyl (C=O) groups is 1. The summed E-state index contributed by atoms with van der Waals surface area (Å²) in [7, 11) is 0. The van der Waals surface area contributed by atoms with Crippen molar-refractivity contribution in [2.45, 2.75) is 19.6 Å². The lowest BCUT2D eigenvalue weighted by molar-refractivity contribution is 0.0931. The molecule has 0 aliphatic carbocycles. The van der Waals surface area contributed by atoms with E-state index in [9.17, 15) is 4.79 Å². The summed E-state index contributed by atoms with van der Waals surface area (Å²) < 4.78 is 11.8. The Kier molecular flexibility index (Phi) is 7.44. The van der Waals surface area contributed by atoms with Crippen molar-refractivity contribution in [2.75, 3.05) is 6.54 Å². The van der Waals surface area contributed by atoms with E-state index in [1.807, 2.05) is 31.2 Å². The predicted octanol–water partition coefficient (Wildman–Crippen LogP) is 3.12. The number of ether oxygens (including phenoxy) is 1. The maximum atomic E-state index is 11.9. The fourth-order valence-corrected chi connectivity index (χ4v) is 2.14. The van der Waals surface area contributed by atoms with Gasteiger partial charge in [-0.2, -0.15) is 0 Å². The Morgan fingerprint density at radius 2 is 2.23 bits per heavy atom. The summed E-state index contributed by atoms with van der Waals surface area (Å²) >= 11 is 3.38. The van der Waals surface area contributed by atoms with Crippen molar-refractivity contribution in [1.82, 2.24) is 5.32 Å². The molecule has 1 heterocycles. The minimum Gasteiger partial charge on any atom is -0.489 e. The molecule has 120 valence electrons. The molecule has 2 rings (SSSR count). The third-order valence-corrected chi connectivity index (χ3v) is 3.29. The highest BCUT2D eigenvalue weighted by Gasteiger charge is 2.11. The van der Waals surface area contributed by atoms with Crippen LogP contribution in [0, 0.1) is 0 Å². The van der Waals surface area contributed by atoms with Crippen LogP contribution in [0.4, 0.5) is 0 Å². The van der Waals surface area contributed by atoms with Gasteiger partial charge in [-0.25, -0.2) is 0 Å². The Morgan fingerprint density at radius 3 is 2.86 bits per heavy atom. The van der Waals surface area contributed by atoms with Gasteiger partial charge in [0, 0.05) is 4.47 Å². The van der Waals surface area contributed by atoms with E-state index in [2.05, 4.69) is 21.2 Å². The summed E-state index contributed by atoms with van der Waals surface area (Å²) in [6.45, 7) is 2.56. The van der Waals surface area contributed by atoms with Crippen LogP contribution in [-0.2, 0) is 6.54 Å². The number of hydrogen-bond donors (Lipinski definition) is 2. The second-order valence-electron chi connectivity index (χ2n) is 4.60. The van der Waals surface area contributed by atoms with Crippen molar-refractivity contribution in [3.8, 4) is 5.75 Å². The smallest absolute Gasteiger partial charge is 0.254 e. The summed E-state index contributed by atoms with van der Waals surface area (Å²) in [5.41, 5.74) is 5.90. The Balaban J connectivity index is 0.00000242. The number of nitrogens with two attached hydrogens (primary N) is 1. The van der Waals surface area contributed by atoms with E-state index < -0.39 is 0 Å². The Labute approximate surface area is 143 Å². The zero-order chi connectivity index (χ0) is 15.2. The molecular formula is C15H18BrClN2O3. The van der Waals surface area contributed by atoms with Gasteiger partial charge < -0.3 is 20.2 Å². The Morgan fingerprint density at radius 1 is 1.45 bits per heavy atom. The normalized spacial score (nSPS) is 11.4. The molecule has 7 heteroatoms. The average Bonchev–Trinajstić information content (AvgIpc) is 2.94. The molecule has 22 heavy (non-hydrogen) atoms. The molecule has 1 atom stereocenters. The first kappa shape index (κ1) is 18.5. The first-order valence-electron chi connectivity index (χ1n) is 6.56. The fourth-order valence-electron chi connectivity index (χ4n) is 1.76. The molecule has 0 saturated carbocycles. The molecule has 3 N–H and O–H groups in total. The number of rotatable bonds is 6. The first-order chi connectivity index (χ1) is 10.1. The molecule has 0 aliphatic rings. The van der Waals surface area contributed by atoms with Crippen LogP contribution in [-0.4, -0.2) is 18.6 Å². The number of benzene rings is 1. The lowest BCUT2D eigenvalue weighted by Gasteiger charge is -2.15. The van der Waals surface area contributed by atoms with Crippen LogP contribution >= 0.6 is 28.3 Å². The van der Waals surface area contributed by atoms with Crippen molar-refractivity contribution in [3.63, 3.8) is 0 Å². The number of halogens is 2. The first-order valence-corrected chi connectivity index (χ1v) is 7.35. The van der Waals surface area contributed by atoms with Gasteiger partial charge >= 0.3 is 0 Å². The van der Waals surface area contributed by atoms with E-state index >= 15 is 0 Å². The Hall–Kier alpha value is -1.50. The third kappa shape index (κ3) is 5.36. The zero-order valence-electron chi connectivity index (χ0n) is 12.0. The molecule has 0 aliphatic heterocycles. The molecule has 0 spiro atoms. The van der Waals surface area contributed by atoms with Crippen LogP contribution < -0.4 is 15.8 Å². The standard InChI is InChI=1S/C15H17BrN2O3.ClH/c1-10(21-13-4-2-3-12(16)6-13)8-18-15(19)11-5-14(7-17)20-9-11;/h2-6,9-10H,7-8,17H2,1H3,(H,18,19);1H. The van der Waals surface area contributed by atoms with Crippen molar-refractivity contribution in [1.29, 1.82) is 0 Å². The minimum absolute atomic E-state index is 0. The molecule has 1 aromatic carbocycles. The molecule has 1 unspecified atom stereocenters. The summed E-state index contributed by atoms with van der Waals surface area (Å²) in [5.74, 6) is 1.13. The van der Waals surface area contributed by atoms with E-state index in [-0.39, 0.29) is 31.0 Å². The number of furan rings is 1. The van der Waals surface area contributed by atoms with E-state index in [0.717, 1.165) is 10.2 Å². The van der Waals surface area contributed by atoms with Crippen molar-refractivity contribution in [3.05, 3.63) is 52.4 Å². The van der Waals surface area contributed by atoms with Crippen LogP contribution in [0.3, 0.4) is 0 Å². The monoisotopic (exact) mass is 388 g/mol. The largest absolute Gasteiger partial charge is 0.489 e. The van der Waals surface area contributed by atoms with Gasteiger partial charge in [0.1, 0.15) is 23.9 Å². The van der Waals surface area contributed by atoms with Gasteiger partial charge in [-0.15, -0.1) is 12.4 Å². The quantitative estimate of drug-likeness (QED) is 0.796. The topological polar surface area (TPSA) is 77.5 Å². The maximum absolute atomic E-state index is 11.9. The van der Waals surface area contributed by atoms with Crippen molar-refractivity contribution >= 4 is 34.2 Å². The molecule has 0 saturated heterocycles. The lowest BCUT2D eigenvalue weighted by Crippen LogP contribution is -2.33. The average molecular weight is 390 g/mol. The van der Waals surface area contributed by atoms with Gasteiger partial charge in [0.05, 0.1) is 18.7 Å². The van der Waals surface area contributed by atoms with Crippen LogP contribution in [0.15, 0.2) is 45.5 Å². The van der Waals surface area contributed by atoms with Gasteiger partial charge in [0.2, 0.25) is 0 Å². The molecule has 0 fully saturated rings. The van der Waals surface area contributed by atoms with Gasteiger partial charge in [0.15, 0.2) is 0 Å².